The Balaban J connectivity index is 2.39. The maximum Gasteiger partial charge on any atom is 0.282 e. The molecule has 0 fully saturated rings. The lowest BCUT2D eigenvalue weighted by Gasteiger charge is -2.00. The Morgan fingerprint density at radius 3 is 2.36 bits per heavy atom. The molecule has 0 nitrogen and oxygen atoms in total. The van der Waals surface area contributed by atoms with E-state index in [1.165, 1.54) is 5.28 Å². The summed E-state index contributed by atoms with van der Waals surface area (Å²) < 4.78 is 1.60. The molecule has 0 N–H and O–H groups in total. The fourth-order valence-corrected chi connectivity index (χ4v) is 2.62. The second-order valence-electron chi connectivity index (χ2n) is 3.42. The molecule has 0 saturated heterocycles. The van der Waals surface area contributed by atoms with Crippen LogP contribution in [0, 0.1) is 5.92 Å². The van der Waals surface area contributed by atoms with Gasteiger partial charge in [-0.05, 0) is 0 Å². The van der Waals surface area contributed by atoms with Crippen LogP contribution in [0.1, 0.15) is 13.8 Å². The lowest BCUT2D eigenvalue weighted by Crippen LogP contribution is -2.14. The lowest BCUT2D eigenvalue weighted by molar-refractivity contribution is 0.732. The van der Waals surface area contributed by atoms with Gasteiger partial charge in [0.15, 0.2) is 0 Å². The monoisotopic (exact) mass is 162 g/mol. The number of hydrogen-bond donors (Lipinski definition) is 0. The Morgan fingerprint density at radius 1 is 1.18 bits per heavy atom. The first-order valence-electron chi connectivity index (χ1n) is 4.33. The van der Waals surface area contributed by atoms with Gasteiger partial charge in [0.1, 0.15) is 0 Å². The van der Waals surface area contributed by atoms with E-state index in [-0.39, 0.29) is 15.2 Å². The predicted molar refractivity (Wildman–Crippen MR) is 52.9 cm³/mol. The van der Waals surface area contributed by atoms with Crippen molar-refractivity contribution >= 4 is 19.6 Å². The first-order valence-corrected chi connectivity index (χ1v) is 6.03. The molecule has 0 atom stereocenters. The Labute approximate surface area is 75.3 Å². The zero-order valence-electron chi connectivity index (χ0n) is 7.38. The fourth-order valence-electron chi connectivity index (χ4n) is 1.10. The summed E-state index contributed by atoms with van der Waals surface area (Å²) in [6.45, 7) is 4.60. The highest BCUT2D eigenvalue weighted by Crippen LogP contribution is 1.98. The van der Waals surface area contributed by atoms with Crippen LogP contribution in [0.25, 0.3) is 0 Å². The summed E-state index contributed by atoms with van der Waals surface area (Å²) in [7, 11) is 0. The Kier molecular flexibility index (Phi) is 3.69. The van der Waals surface area contributed by atoms with Crippen LogP contribution in [0.3, 0.4) is 0 Å². The molecule has 0 aliphatic rings. The van der Waals surface area contributed by atoms with E-state index in [9.17, 15) is 0 Å². The normalized spacial score (nSPS) is 10.1. The maximum absolute atomic E-state index is 2.30. The molecule has 0 heterocycles. The van der Waals surface area contributed by atoms with Gasteiger partial charge < -0.3 is 0 Å². The van der Waals surface area contributed by atoms with Crippen LogP contribution in [0.2, 0.25) is 5.28 Å². The van der Waals surface area contributed by atoms with Crippen molar-refractivity contribution in [1.82, 2.24) is 0 Å². The largest absolute Gasteiger partial charge is 0.282 e. The van der Waals surface area contributed by atoms with E-state index < -0.39 is 0 Å². The van der Waals surface area contributed by atoms with Crippen molar-refractivity contribution < 1.29 is 0 Å². The van der Waals surface area contributed by atoms with E-state index in [4.69, 9.17) is 0 Å². The van der Waals surface area contributed by atoms with Crippen LogP contribution in [-0.2, 0) is 0 Å². The van der Waals surface area contributed by atoms with Gasteiger partial charge in [0.25, 0.3) is 15.2 Å². The standard InChI is InChI=1S/C6H5.C4H9.Al.H/c1-2-4-6-5-3-1;1-4(2)3;;/h1-5H;4H,1H2,2-3H3;;. The Hall–Kier alpha value is -0.248. The summed E-state index contributed by atoms with van der Waals surface area (Å²) in [5, 5.41) is 1.43. The van der Waals surface area contributed by atoms with E-state index >= 15 is 0 Å². The zero-order chi connectivity index (χ0) is 8.10. The quantitative estimate of drug-likeness (QED) is 0.595. The van der Waals surface area contributed by atoms with E-state index in [1.54, 1.807) is 4.43 Å². The van der Waals surface area contributed by atoms with Gasteiger partial charge in [0, 0.05) is 0 Å². The minimum atomic E-state index is 0.0411. The third-order valence-electron chi connectivity index (χ3n) is 1.85. The molecule has 1 aromatic carbocycles. The SMILES string of the molecule is CC(C)[CH2][AlH][c]1ccccc1. The first-order chi connectivity index (χ1) is 5.29. The molecule has 0 aliphatic heterocycles. The van der Waals surface area contributed by atoms with Crippen molar-refractivity contribution in [3.63, 3.8) is 0 Å². The van der Waals surface area contributed by atoms with Gasteiger partial charge in [-0.2, -0.15) is 0 Å². The third kappa shape index (κ3) is 3.60. The van der Waals surface area contributed by atoms with E-state index in [1.807, 2.05) is 0 Å². The minimum absolute atomic E-state index is 0.0411. The van der Waals surface area contributed by atoms with E-state index in [2.05, 4.69) is 44.2 Å². The number of benzene rings is 1. The van der Waals surface area contributed by atoms with Gasteiger partial charge in [-0.25, -0.2) is 0 Å². The second kappa shape index (κ2) is 4.59. The molecule has 11 heavy (non-hydrogen) atoms. The lowest BCUT2D eigenvalue weighted by atomic mass is 10.3. The van der Waals surface area contributed by atoms with Crippen LogP contribution in [0.5, 0.6) is 0 Å². The fraction of sp³-hybridized carbons (Fsp3) is 0.400. The molecule has 0 aliphatic carbocycles. The molecule has 1 rings (SSSR count). The van der Waals surface area contributed by atoms with Gasteiger partial charge >= 0.3 is 0 Å². The van der Waals surface area contributed by atoms with Crippen LogP contribution < -0.4 is 4.43 Å². The van der Waals surface area contributed by atoms with Crippen LogP contribution in [-0.4, -0.2) is 15.2 Å². The molecular formula is C10H15Al. The number of rotatable bonds is 3. The third-order valence-corrected chi connectivity index (χ3v) is 4.35. The summed E-state index contributed by atoms with van der Waals surface area (Å²) in [4.78, 5) is 0. The van der Waals surface area contributed by atoms with Gasteiger partial charge in [-0.15, -0.1) is 4.43 Å². The molecule has 0 unspecified atom stereocenters. The summed E-state index contributed by atoms with van der Waals surface area (Å²) in [6, 6.07) is 10.9. The Morgan fingerprint density at radius 2 is 1.82 bits per heavy atom. The molecule has 0 saturated carbocycles. The highest BCUT2D eigenvalue weighted by atomic mass is 27.1. The van der Waals surface area contributed by atoms with Gasteiger partial charge in [-0.1, -0.05) is 55.4 Å². The summed E-state index contributed by atoms with van der Waals surface area (Å²) in [6.07, 6.45) is 0. The van der Waals surface area contributed by atoms with Crippen LogP contribution >= 0.6 is 0 Å². The maximum atomic E-state index is 2.30. The Bertz CT molecular complexity index is 191. The topological polar surface area (TPSA) is 0 Å². The van der Waals surface area contributed by atoms with Crippen molar-refractivity contribution in [3.05, 3.63) is 30.3 Å². The molecule has 0 bridgehead atoms. The summed E-state index contributed by atoms with van der Waals surface area (Å²) in [5.74, 6) is 0.877. The predicted octanol–water partition coefficient (Wildman–Crippen LogP) is 1.82. The average Bonchev–Trinajstić information content (AvgIpc) is 2.03. The highest BCUT2D eigenvalue weighted by Gasteiger charge is 1.98. The van der Waals surface area contributed by atoms with E-state index in [0.717, 1.165) is 5.92 Å². The molecule has 0 aromatic heterocycles. The van der Waals surface area contributed by atoms with Crippen LogP contribution in [0.15, 0.2) is 30.3 Å². The second-order valence-corrected chi connectivity index (χ2v) is 5.31. The molecule has 0 amide bonds. The average molecular weight is 162 g/mol. The highest BCUT2D eigenvalue weighted by molar-refractivity contribution is 6.53. The van der Waals surface area contributed by atoms with Crippen molar-refractivity contribution in [3.8, 4) is 0 Å². The zero-order valence-corrected chi connectivity index (χ0v) is 8.79. The van der Waals surface area contributed by atoms with E-state index in [0.29, 0.717) is 0 Å². The van der Waals surface area contributed by atoms with Crippen LogP contribution in [0.4, 0.5) is 0 Å². The van der Waals surface area contributed by atoms with Crippen molar-refractivity contribution in [1.29, 1.82) is 0 Å². The summed E-state index contributed by atoms with van der Waals surface area (Å²) in [5.41, 5.74) is 0. The molecule has 1 aromatic rings. The number of hydrogen-bond acceptors (Lipinski definition) is 0. The van der Waals surface area contributed by atoms with Crippen molar-refractivity contribution in [2.75, 3.05) is 0 Å². The van der Waals surface area contributed by atoms with Gasteiger partial charge in [0.05, 0.1) is 0 Å². The first kappa shape index (κ1) is 8.85. The summed E-state index contributed by atoms with van der Waals surface area (Å²) >= 11 is 0.0411. The van der Waals surface area contributed by atoms with Crippen molar-refractivity contribution in [2.45, 2.75) is 19.1 Å². The molecule has 58 valence electrons. The van der Waals surface area contributed by atoms with Gasteiger partial charge in [-0.3, -0.25) is 0 Å². The molecule has 1 heteroatoms. The molecule has 0 radical (unpaired) electrons. The van der Waals surface area contributed by atoms with Crippen molar-refractivity contribution in [2.24, 2.45) is 5.92 Å². The molecule has 0 spiro atoms. The minimum Gasteiger partial charge on any atom is -0.116 e. The molecular weight excluding hydrogens is 147 g/mol. The van der Waals surface area contributed by atoms with Gasteiger partial charge in [0.2, 0.25) is 0 Å². The smallest absolute Gasteiger partial charge is 0.116 e.